The number of hydrogen-bond donors (Lipinski definition) is 0. The van der Waals surface area contributed by atoms with Crippen LogP contribution in [0.25, 0.3) is 0 Å². The van der Waals surface area contributed by atoms with Crippen molar-refractivity contribution in [3.05, 3.63) is 135 Å². The van der Waals surface area contributed by atoms with Crippen LogP contribution in [0.2, 0.25) is 0 Å². The lowest BCUT2D eigenvalue weighted by atomic mass is 9.82. The zero-order valence-electron chi connectivity index (χ0n) is 20.8. The smallest absolute Gasteiger partial charge is 0.355 e. The molecule has 0 radical (unpaired) electrons. The summed E-state index contributed by atoms with van der Waals surface area (Å²) < 4.78 is 88.2. The van der Waals surface area contributed by atoms with Crippen molar-refractivity contribution in [2.24, 2.45) is 0 Å². The number of halogens is 10. The van der Waals surface area contributed by atoms with Crippen LogP contribution in [0, 0.1) is 20.2 Å². The van der Waals surface area contributed by atoms with Gasteiger partial charge in [0.1, 0.15) is 22.3 Å². The Kier molecular flexibility index (Phi) is 8.72. The van der Waals surface area contributed by atoms with Crippen molar-refractivity contribution in [2.75, 3.05) is 0 Å². The summed E-state index contributed by atoms with van der Waals surface area (Å²) in [5.74, 6) is 0. The van der Waals surface area contributed by atoms with E-state index in [9.17, 15) is 46.6 Å². The maximum atomic E-state index is 13.7. The topological polar surface area (TPSA) is 95.5 Å². The Morgan fingerprint density at radius 3 is 1.28 bits per heavy atom. The molecule has 43 heavy (non-hydrogen) atoms. The van der Waals surface area contributed by atoms with E-state index in [1.54, 1.807) is 0 Å². The monoisotopic (exact) mass is 688 g/mol. The third-order valence-corrected chi connectivity index (χ3v) is 8.75. The average molecular weight is 690 g/mol. The van der Waals surface area contributed by atoms with Gasteiger partial charge in [-0.05, 0) is 24.3 Å². The Morgan fingerprint density at radius 1 is 0.651 bits per heavy atom. The number of rotatable bonds is 6. The highest BCUT2D eigenvalue weighted by Gasteiger charge is 2.56. The molecule has 0 N–H and O–H groups in total. The first-order chi connectivity index (χ1) is 19.9. The Hall–Kier alpha value is -3.10. The molecule has 0 saturated carbocycles. The second-order valence-corrected chi connectivity index (χ2v) is 10.7. The zero-order valence-corrected chi connectivity index (χ0v) is 23.8. The van der Waals surface area contributed by atoms with E-state index in [-0.39, 0.29) is 0 Å². The average Bonchev–Trinajstić information content (AvgIpc) is 2.93. The van der Waals surface area contributed by atoms with E-state index in [2.05, 4.69) is 0 Å². The van der Waals surface area contributed by atoms with Gasteiger partial charge in [-0.15, -0.1) is 0 Å². The third kappa shape index (κ3) is 5.42. The first-order valence-corrected chi connectivity index (χ1v) is 13.2. The van der Waals surface area contributed by atoms with Crippen molar-refractivity contribution in [1.29, 1.82) is 0 Å². The lowest BCUT2D eigenvalue weighted by Crippen LogP contribution is -2.41. The molecule has 0 heterocycles. The fourth-order valence-corrected chi connectivity index (χ4v) is 5.99. The van der Waals surface area contributed by atoms with Gasteiger partial charge in [-0.2, -0.15) is 26.3 Å². The second kappa shape index (κ2) is 11.4. The van der Waals surface area contributed by atoms with Gasteiger partial charge in [0.05, 0.1) is 32.3 Å². The van der Waals surface area contributed by atoms with Crippen molar-refractivity contribution in [3.8, 4) is 0 Å². The number of ether oxygens (including phenoxy) is 1. The summed E-state index contributed by atoms with van der Waals surface area (Å²) in [4.78, 5) is 22.3. The van der Waals surface area contributed by atoms with Crippen LogP contribution in [0.4, 0.5) is 26.3 Å². The van der Waals surface area contributed by atoms with Crippen LogP contribution >= 0.6 is 46.4 Å². The molecule has 0 spiro atoms. The zero-order chi connectivity index (χ0) is 32.1. The molecule has 0 aromatic heterocycles. The number of hydrogen-bond acceptors (Lipinski definition) is 5. The molecule has 4 atom stereocenters. The SMILES string of the molecule is O=[N+]([O-])C1(c2ccccc2C(F)(F)F)C=CC(OC2C=CC(c3ccccc3C(F)(F)F)([N+](=O)[O-])C(Cl)=C2Cl)C(Cl)=C1Cl. The molecule has 228 valence electrons. The molecule has 4 unspecified atom stereocenters. The molecule has 0 saturated heterocycles. The molecule has 0 amide bonds. The Labute approximate surface area is 257 Å². The van der Waals surface area contributed by atoms with Crippen molar-refractivity contribution >= 4 is 46.4 Å². The quantitative estimate of drug-likeness (QED) is 0.131. The Morgan fingerprint density at radius 2 is 0.977 bits per heavy atom. The van der Waals surface area contributed by atoms with Gasteiger partial charge in [0.2, 0.25) is 0 Å². The Balaban J connectivity index is 1.76. The van der Waals surface area contributed by atoms with Gasteiger partial charge in [0.25, 0.3) is 0 Å². The van der Waals surface area contributed by atoms with Crippen LogP contribution in [0.3, 0.4) is 0 Å². The molecule has 2 aliphatic carbocycles. The standard InChI is InChI=1S/C26H14Cl4F6N2O5/c27-19-17(9-11-23(21(19)29,37(39)40)13-5-1-3-7-15(13)25(31,32)33)43-18-10-12-24(38(41)42,22(30)20(18)28)14-6-2-4-8-16(14)26(34,35)36/h1-12,17-18H. The van der Waals surface area contributed by atoms with E-state index in [4.69, 9.17) is 51.1 Å². The molecule has 0 fully saturated rings. The minimum Gasteiger partial charge on any atom is -0.355 e. The Bertz CT molecular complexity index is 1510. The molecule has 7 nitrogen and oxygen atoms in total. The number of nitro groups is 2. The highest BCUT2D eigenvalue weighted by molar-refractivity contribution is 6.41. The minimum atomic E-state index is -5.00. The van der Waals surface area contributed by atoms with Crippen molar-refractivity contribution in [2.45, 2.75) is 35.6 Å². The molecular formula is C26H14Cl4F6N2O5. The lowest BCUT2D eigenvalue weighted by molar-refractivity contribution is -0.551. The number of alkyl halides is 6. The predicted octanol–water partition coefficient (Wildman–Crippen LogP) is 8.64. The number of nitrogens with zero attached hydrogens (tertiary/aromatic N) is 2. The van der Waals surface area contributed by atoms with Crippen molar-refractivity contribution in [3.63, 3.8) is 0 Å². The highest BCUT2D eigenvalue weighted by Crippen LogP contribution is 2.51. The largest absolute Gasteiger partial charge is 0.416 e. The summed E-state index contributed by atoms with van der Waals surface area (Å²) in [5, 5.41) is 21.5. The van der Waals surface area contributed by atoms with Crippen LogP contribution in [-0.2, 0) is 28.2 Å². The van der Waals surface area contributed by atoms with Gasteiger partial charge < -0.3 is 4.74 Å². The van der Waals surface area contributed by atoms with E-state index in [0.717, 1.165) is 60.7 Å². The lowest BCUT2D eigenvalue weighted by Gasteiger charge is -2.33. The summed E-state index contributed by atoms with van der Waals surface area (Å²) in [6, 6.07) is 7.34. The molecule has 2 aromatic carbocycles. The fraction of sp³-hybridized carbons (Fsp3) is 0.231. The number of benzene rings is 2. The van der Waals surface area contributed by atoms with E-state index >= 15 is 0 Å². The van der Waals surface area contributed by atoms with Crippen LogP contribution < -0.4 is 0 Å². The molecule has 2 aromatic rings. The summed E-state index contributed by atoms with van der Waals surface area (Å²) in [6.07, 6.45) is -9.65. The highest BCUT2D eigenvalue weighted by atomic mass is 35.5. The summed E-state index contributed by atoms with van der Waals surface area (Å²) in [7, 11) is 0. The first kappa shape index (κ1) is 32.8. The molecule has 0 bridgehead atoms. The fourth-order valence-electron chi connectivity index (χ4n) is 4.77. The molecule has 2 aliphatic rings. The van der Waals surface area contributed by atoms with Gasteiger partial charge in [0, 0.05) is 22.0 Å². The minimum absolute atomic E-state index is 0.625. The molecule has 4 rings (SSSR count). The van der Waals surface area contributed by atoms with Crippen LogP contribution in [0.5, 0.6) is 0 Å². The maximum absolute atomic E-state index is 13.7. The van der Waals surface area contributed by atoms with E-state index in [1.807, 2.05) is 0 Å². The van der Waals surface area contributed by atoms with Crippen LogP contribution in [-0.4, -0.2) is 22.1 Å². The van der Waals surface area contributed by atoms with Crippen LogP contribution in [0.1, 0.15) is 22.3 Å². The van der Waals surface area contributed by atoms with E-state index in [1.165, 1.54) is 0 Å². The molecule has 17 heteroatoms. The van der Waals surface area contributed by atoms with Gasteiger partial charge in [-0.25, -0.2) is 0 Å². The maximum Gasteiger partial charge on any atom is 0.416 e. The van der Waals surface area contributed by atoms with E-state index < -0.39 is 87.9 Å². The normalized spacial score (nSPS) is 26.2. The molecular weight excluding hydrogens is 676 g/mol. The summed E-state index contributed by atoms with van der Waals surface area (Å²) in [5.41, 5.74) is -9.90. The van der Waals surface area contributed by atoms with Crippen molar-refractivity contribution < 1.29 is 40.9 Å². The first-order valence-electron chi connectivity index (χ1n) is 11.7. The van der Waals surface area contributed by atoms with Crippen molar-refractivity contribution in [1.82, 2.24) is 0 Å². The molecule has 0 aliphatic heterocycles. The van der Waals surface area contributed by atoms with Gasteiger partial charge >= 0.3 is 23.4 Å². The van der Waals surface area contributed by atoms with Crippen LogP contribution in [0.15, 0.2) is 93.0 Å². The van der Waals surface area contributed by atoms with Gasteiger partial charge in [-0.3, -0.25) is 20.2 Å². The summed E-state index contributed by atoms with van der Waals surface area (Å²) >= 11 is 25.1. The summed E-state index contributed by atoms with van der Waals surface area (Å²) in [6.45, 7) is 0. The van der Waals surface area contributed by atoms with E-state index in [0.29, 0.717) is 12.1 Å². The van der Waals surface area contributed by atoms with Gasteiger partial charge in [-0.1, -0.05) is 82.8 Å². The van der Waals surface area contributed by atoms with Gasteiger partial charge in [0.15, 0.2) is 0 Å². The third-order valence-electron chi connectivity index (χ3n) is 6.77. The predicted molar refractivity (Wildman–Crippen MR) is 145 cm³/mol. The second-order valence-electron chi connectivity index (χ2n) is 9.15.